The van der Waals surface area contributed by atoms with Crippen molar-refractivity contribution in [2.24, 2.45) is 0 Å². The van der Waals surface area contributed by atoms with Crippen LogP contribution in [-0.4, -0.2) is 10.9 Å². The number of ketones is 1. The van der Waals surface area contributed by atoms with Gasteiger partial charge in [0.05, 0.1) is 0 Å². The summed E-state index contributed by atoms with van der Waals surface area (Å²) in [5.41, 5.74) is 2.67. The molecule has 0 bridgehead atoms. The molecular weight excluding hydrogens is 224 g/mol. The molecule has 0 unspecified atom stereocenters. The highest BCUT2D eigenvalue weighted by atomic mass is 16.3. The molecule has 0 heterocycles. The Morgan fingerprint density at radius 1 is 1.00 bits per heavy atom. The number of phenols is 1. The third-order valence-electron chi connectivity index (χ3n) is 2.66. The van der Waals surface area contributed by atoms with E-state index in [0.29, 0.717) is 5.56 Å². The van der Waals surface area contributed by atoms with E-state index >= 15 is 0 Å². The number of hydrogen-bond donors (Lipinski definition) is 1. The Balaban J connectivity index is 2.16. The summed E-state index contributed by atoms with van der Waals surface area (Å²) in [4.78, 5) is 11.1. The lowest BCUT2D eigenvalue weighted by Crippen LogP contribution is -1.90. The molecule has 0 aliphatic rings. The quantitative estimate of drug-likeness (QED) is 0.653. The summed E-state index contributed by atoms with van der Waals surface area (Å²) in [6.07, 6.45) is 3.86. The van der Waals surface area contributed by atoms with Gasteiger partial charge in [-0.3, -0.25) is 4.79 Å². The van der Waals surface area contributed by atoms with Gasteiger partial charge < -0.3 is 5.11 Å². The number of aromatic hydroxyl groups is 1. The first-order valence-electron chi connectivity index (χ1n) is 5.73. The Kier molecular flexibility index (Phi) is 3.58. The summed E-state index contributed by atoms with van der Waals surface area (Å²) in [5.74, 6) is 0.322. The molecule has 1 N–H and O–H groups in total. The van der Waals surface area contributed by atoms with Crippen molar-refractivity contribution in [2.75, 3.05) is 0 Å². The first-order valence-corrected chi connectivity index (χ1v) is 5.73. The number of hydrogen-bond acceptors (Lipinski definition) is 2. The van der Waals surface area contributed by atoms with Crippen molar-refractivity contribution in [3.05, 3.63) is 65.2 Å². The van der Waals surface area contributed by atoms with E-state index in [2.05, 4.69) is 0 Å². The van der Waals surface area contributed by atoms with Crippen LogP contribution >= 0.6 is 0 Å². The lowest BCUT2D eigenvalue weighted by atomic mass is 10.1. The van der Waals surface area contributed by atoms with Crippen molar-refractivity contribution in [2.45, 2.75) is 6.92 Å². The van der Waals surface area contributed by atoms with E-state index in [1.807, 2.05) is 42.5 Å². The minimum absolute atomic E-state index is 0.0681. The zero-order chi connectivity index (χ0) is 13.0. The second-order valence-electron chi connectivity index (χ2n) is 4.11. The molecule has 0 fully saturated rings. The summed E-state index contributed by atoms with van der Waals surface area (Å²) in [5, 5.41) is 9.34. The van der Waals surface area contributed by atoms with Gasteiger partial charge >= 0.3 is 0 Å². The number of carbonyl (C=O) groups is 1. The van der Waals surface area contributed by atoms with Crippen LogP contribution in [0.2, 0.25) is 0 Å². The highest BCUT2D eigenvalue weighted by Gasteiger charge is 1.97. The van der Waals surface area contributed by atoms with Gasteiger partial charge in [0.15, 0.2) is 5.78 Å². The first kappa shape index (κ1) is 12.1. The number of phenolic OH excluding ortho intramolecular Hbond substituents is 1. The summed E-state index contributed by atoms with van der Waals surface area (Å²) in [6.45, 7) is 1.55. The van der Waals surface area contributed by atoms with E-state index in [9.17, 15) is 9.90 Å². The van der Waals surface area contributed by atoms with E-state index in [0.717, 1.165) is 11.1 Å². The van der Waals surface area contributed by atoms with E-state index in [-0.39, 0.29) is 11.5 Å². The molecule has 2 aromatic rings. The maximum atomic E-state index is 11.1. The van der Waals surface area contributed by atoms with Gasteiger partial charge in [0.25, 0.3) is 0 Å². The fraction of sp³-hybridized carbons (Fsp3) is 0.0625. The van der Waals surface area contributed by atoms with Gasteiger partial charge in [-0.05, 0) is 30.2 Å². The SMILES string of the molecule is CC(=O)c1ccc(C=Cc2cccc(O)c2)cc1. The van der Waals surface area contributed by atoms with Gasteiger partial charge in [0.1, 0.15) is 5.75 Å². The van der Waals surface area contributed by atoms with Gasteiger partial charge in [-0.2, -0.15) is 0 Å². The molecule has 0 spiro atoms. The maximum absolute atomic E-state index is 11.1. The van der Waals surface area contributed by atoms with Crippen molar-refractivity contribution in [1.82, 2.24) is 0 Å². The summed E-state index contributed by atoms with van der Waals surface area (Å²) < 4.78 is 0. The normalized spacial score (nSPS) is 10.7. The van der Waals surface area contributed by atoms with E-state index in [1.165, 1.54) is 0 Å². The van der Waals surface area contributed by atoms with Gasteiger partial charge in [-0.15, -0.1) is 0 Å². The van der Waals surface area contributed by atoms with Crippen molar-refractivity contribution in [3.63, 3.8) is 0 Å². The van der Waals surface area contributed by atoms with Crippen LogP contribution in [0.15, 0.2) is 48.5 Å². The first-order chi connectivity index (χ1) is 8.65. The lowest BCUT2D eigenvalue weighted by molar-refractivity contribution is 0.101. The third-order valence-corrected chi connectivity index (χ3v) is 2.66. The fourth-order valence-electron chi connectivity index (χ4n) is 1.65. The highest BCUT2D eigenvalue weighted by Crippen LogP contribution is 2.14. The molecule has 2 nitrogen and oxygen atoms in total. The molecule has 0 aromatic heterocycles. The van der Waals surface area contributed by atoms with Crippen LogP contribution in [-0.2, 0) is 0 Å². The predicted octanol–water partition coefficient (Wildman–Crippen LogP) is 3.77. The average Bonchev–Trinajstić information content (AvgIpc) is 2.37. The van der Waals surface area contributed by atoms with E-state index < -0.39 is 0 Å². The lowest BCUT2D eigenvalue weighted by Gasteiger charge is -1.98. The summed E-state index contributed by atoms with van der Waals surface area (Å²) in [6, 6.07) is 14.5. The monoisotopic (exact) mass is 238 g/mol. The maximum Gasteiger partial charge on any atom is 0.159 e. The third kappa shape index (κ3) is 3.08. The van der Waals surface area contributed by atoms with Crippen LogP contribution in [0.25, 0.3) is 12.2 Å². The predicted molar refractivity (Wildman–Crippen MR) is 73.5 cm³/mol. The molecule has 2 rings (SSSR count). The number of carbonyl (C=O) groups excluding carboxylic acids is 1. The summed E-state index contributed by atoms with van der Waals surface area (Å²) in [7, 11) is 0. The van der Waals surface area contributed by atoms with Crippen LogP contribution in [0, 0.1) is 0 Å². The van der Waals surface area contributed by atoms with Gasteiger partial charge in [0, 0.05) is 5.56 Å². The van der Waals surface area contributed by atoms with Crippen molar-refractivity contribution < 1.29 is 9.90 Å². The van der Waals surface area contributed by atoms with E-state index in [1.54, 1.807) is 25.1 Å². The van der Waals surface area contributed by atoms with Crippen LogP contribution in [0.3, 0.4) is 0 Å². The van der Waals surface area contributed by atoms with Crippen LogP contribution < -0.4 is 0 Å². The molecule has 0 aliphatic carbocycles. The van der Waals surface area contributed by atoms with Crippen LogP contribution in [0.5, 0.6) is 5.75 Å². The zero-order valence-electron chi connectivity index (χ0n) is 10.1. The molecule has 0 amide bonds. The number of benzene rings is 2. The Hall–Kier alpha value is -2.35. The molecule has 0 saturated carbocycles. The largest absolute Gasteiger partial charge is 0.508 e. The van der Waals surface area contributed by atoms with Crippen molar-refractivity contribution >= 4 is 17.9 Å². The second-order valence-corrected chi connectivity index (χ2v) is 4.11. The topological polar surface area (TPSA) is 37.3 Å². The smallest absolute Gasteiger partial charge is 0.159 e. The van der Waals surface area contributed by atoms with Crippen LogP contribution in [0.4, 0.5) is 0 Å². The second kappa shape index (κ2) is 5.32. The molecule has 90 valence electrons. The van der Waals surface area contributed by atoms with Gasteiger partial charge in [-0.25, -0.2) is 0 Å². The van der Waals surface area contributed by atoms with E-state index in [4.69, 9.17) is 0 Å². The molecule has 0 aliphatic heterocycles. The standard InChI is InChI=1S/C16H14O2/c1-12(17)15-9-7-13(8-10-15)5-6-14-3-2-4-16(18)11-14/h2-11,18H,1H3. The highest BCUT2D eigenvalue weighted by molar-refractivity contribution is 5.94. The Morgan fingerprint density at radius 3 is 2.28 bits per heavy atom. The van der Waals surface area contributed by atoms with Crippen LogP contribution in [0.1, 0.15) is 28.4 Å². The van der Waals surface area contributed by atoms with Gasteiger partial charge in [-0.1, -0.05) is 48.6 Å². The molecule has 2 aromatic carbocycles. The molecular formula is C16H14O2. The van der Waals surface area contributed by atoms with Crippen molar-refractivity contribution in [1.29, 1.82) is 0 Å². The molecule has 18 heavy (non-hydrogen) atoms. The molecule has 2 heteroatoms. The Labute approximate surface area is 106 Å². The minimum Gasteiger partial charge on any atom is -0.508 e. The Morgan fingerprint density at radius 2 is 1.67 bits per heavy atom. The zero-order valence-corrected chi connectivity index (χ0v) is 10.1. The molecule has 0 radical (unpaired) electrons. The molecule has 0 atom stereocenters. The number of rotatable bonds is 3. The van der Waals surface area contributed by atoms with Gasteiger partial charge in [0.2, 0.25) is 0 Å². The number of Topliss-reactive ketones (excluding diaryl/α,β-unsaturated/α-hetero) is 1. The van der Waals surface area contributed by atoms with Crippen molar-refractivity contribution in [3.8, 4) is 5.75 Å². The Bertz CT molecular complexity index is 580. The fourth-order valence-corrected chi connectivity index (χ4v) is 1.65. The minimum atomic E-state index is 0.0681. The summed E-state index contributed by atoms with van der Waals surface area (Å²) >= 11 is 0. The average molecular weight is 238 g/mol. The molecule has 0 saturated heterocycles.